The van der Waals surface area contributed by atoms with Crippen molar-refractivity contribution in [2.24, 2.45) is 0 Å². The Morgan fingerprint density at radius 2 is 2.03 bits per heavy atom. The molecule has 0 fully saturated rings. The van der Waals surface area contributed by atoms with E-state index >= 15 is 0 Å². The highest BCUT2D eigenvalue weighted by molar-refractivity contribution is 6.04. The lowest BCUT2D eigenvalue weighted by atomic mass is 10.2. The number of carbonyl (C=O) groups excluding carboxylic acids is 2. The van der Waals surface area contributed by atoms with Crippen LogP contribution in [0, 0.1) is 6.92 Å². The molecule has 0 aliphatic carbocycles. The fourth-order valence-corrected chi connectivity index (χ4v) is 3.11. The lowest BCUT2D eigenvalue weighted by Crippen LogP contribution is -2.34. The molecule has 1 aliphatic heterocycles. The Hall–Kier alpha value is -3.88. The summed E-state index contributed by atoms with van der Waals surface area (Å²) < 4.78 is 12.6. The van der Waals surface area contributed by atoms with Crippen molar-refractivity contribution in [1.29, 1.82) is 0 Å². The van der Waals surface area contributed by atoms with Gasteiger partial charge in [0, 0.05) is 5.69 Å². The molecule has 0 radical (unpaired) electrons. The second-order valence-electron chi connectivity index (χ2n) is 6.78. The second kappa shape index (κ2) is 7.86. The Kier molecular flexibility index (Phi) is 5.09. The van der Waals surface area contributed by atoms with Crippen LogP contribution in [-0.4, -0.2) is 39.5 Å². The maximum Gasteiger partial charge on any atom is 0.278 e. The summed E-state index contributed by atoms with van der Waals surface area (Å²) in [7, 11) is 0. The lowest BCUT2D eigenvalue weighted by molar-refractivity contribution is -0.122. The van der Waals surface area contributed by atoms with Crippen LogP contribution in [0.1, 0.15) is 30.0 Å². The standard InChI is InChI=1S/C21H21N5O4/c1-4-29-16-8-6-15(7-9-16)26-12(2)19(24-25-26)21(28)22-14-5-10-18-17(11-14)23-20(27)13(3)30-18/h5-11,13H,4H2,1-3H3,(H,22,28)(H,23,27)/t13-/m0/s1. The number of nitrogens with one attached hydrogen (secondary N) is 2. The van der Waals surface area contributed by atoms with Crippen molar-refractivity contribution in [3.8, 4) is 17.2 Å². The van der Waals surface area contributed by atoms with Gasteiger partial charge in [-0.3, -0.25) is 9.59 Å². The molecule has 0 spiro atoms. The number of hydrogen-bond donors (Lipinski definition) is 2. The molecule has 4 rings (SSSR count). The van der Waals surface area contributed by atoms with Gasteiger partial charge < -0.3 is 20.1 Å². The molecule has 0 saturated carbocycles. The molecule has 2 aromatic carbocycles. The summed E-state index contributed by atoms with van der Waals surface area (Å²) >= 11 is 0. The van der Waals surface area contributed by atoms with E-state index in [1.807, 2.05) is 31.2 Å². The minimum absolute atomic E-state index is 0.204. The van der Waals surface area contributed by atoms with Crippen molar-refractivity contribution >= 4 is 23.2 Å². The highest BCUT2D eigenvalue weighted by Gasteiger charge is 2.24. The van der Waals surface area contributed by atoms with Crippen molar-refractivity contribution in [1.82, 2.24) is 15.0 Å². The Balaban J connectivity index is 1.52. The van der Waals surface area contributed by atoms with Crippen LogP contribution in [0.25, 0.3) is 5.69 Å². The van der Waals surface area contributed by atoms with Crippen LogP contribution in [0.2, 0.25) is 0 Å². The van der Waals surface area contributed by atoms with E-state index in [1.165, 1.54) is 0 Å². The number of carbonyl (C=O) groups is 2. The number of hydrogen-bond acceptors (Lipinski definition) is 6. The van der Waals surface area contributed by atoms with Crippen LogP contribution < -0.4 is 20.1 Å². The van der Waals surface area contributed by atoms with Gasteiger partial charge >= 0.3 is 0 Å². The van der Waals surface area contributed by atoms with Crippen LogP contribution in [0.15, 0.2) is 42.5 Å². The fraction of sp³-hybridized carbons (Fsp3) is 0.238. The third-order valence-corrected chi connectivity index (χ3v) is 4.67. The van der Waals surface area contributed by atoms with Gasteiger partial charge in [-0.05, 0) is 63.2 Å². The zero-order valence-electron chi connectivity index (χ0n) is 16.8. The third kappa shape index (κ3) is 3.69. The molecule has 0 unspecified atom stereocenters. The molecule has 1 atom stereocenters. The molecule has 0 bridgehead atoms. The summed E-state index contributed by atoms with van der Waals surface area (Å²) in [6, 6.07) is 12.4. The molecule has 1 aromatic heterocycles. The number of ether oxygens (including phenoxy) is 2. The molecular formula is C21H21N5O4. The summed E-state index contributed by atoms with van der Waals surface area (Å²) in [6.45, 7) is 5.95. The Bertz CT molecular complexity index is 1110. The summed E-state index contributed by atoms with van der Waals surface area (Å²) in [4.78, 5) is 24.5. The zero-order chi connectivity index (χ0) is 21.3. The van der Waals surface area contributed by atoms with E-state index in [0.717, 1.165) is 11.4 Å². The third-order valence-electron chi connectivity index (χ3n) is 4.67. The normalized spacial score (nSPS) is 15.0. The van der Waals surface area contributed by atoms with Crippen LogP contribution in [0.4, 0.5) is 11.4 Å². The van der Waals surface area contributed by atoms with E-state index in [0.29, 0.717) is 29.4 Å². The van der Waals surface area contributed by atoms with E-state index in [4.69, 9.17) is 9.47 Å². The molecule has 9 heteroatoms. The first-order valence-electron chi connectivity index (χ1n) is 9.54. The fourth-order valence-electron chi connectivity index (χ4n) is 3.11. The Morgan fingerprint density at radius 3 is 2.77 bits per heavy atom. The van der Waals surface area contributed by atoms with Gasteiger partial charge in [0.05, 0.1) is 23.7 Å². The number of amides is 2. The van der Waals surface area contributed by atoms with E-state index in [9.17, 15) is 9.59 Å². The average molecular weight is 407 g/mol. The smallest absolute Gasteiger partial charge is 0.278 e. The van der Waals surface area contributed by atoms with Crippen molar-refractivity contribution in [3.05, 3.63) is 53.9 Å². The molecule has 30 heavy (non-hydrogen) atoms. The maximum atomic E-state index is 12.7. The average Bonchev–Trinajstić information content (AvgIpc) is 3.11. The Labute approximate surface area is 173 Å². The molecule has 0 saturated heterocycles. The molecule has 2 amide bonds. The zero-order valence-corrected chi connectivity index (χ0v) is 16.8. The quantitative estimate of drug-likeness (QED) is 0.673. The van der Waals surface area contributed by atoms with Gasteiger partial charge in [0.15, 0.2) is 11.8 Å². The topological polar surface area (TPSA) is 107 Å². The van der Waals surface area contributed by atoms with Gasteiger partial charge in [-0.2, -0.15) is 0 Å². The SMILES string of the molecule is CCOc1ccc(-n2nnc(C(=O)Nc3ccc4c(c3)NC(=O)[C@H](C)O4)c2C)cc1. The summed E-state index contributed by atoms with van der Waals surface area (Å²) in [5.41, 5.74) is 2.58. The van der Waals surface area contributed by atoms with Crippen molar-refractivity contribution in [2.75, 3.05) is 17.2 Å². The van der Waals surface area contributed by atoms with Crippen LogP contribution in [0.3, 0.4) is 0 Å². The van der Waals surface area contributed by atoms with Crippen molar-refractivity contribution < 1.29 is 19.1 Å². The molecule has 2 N–H and O–H groups in total. The largest absolute Gasteiger partial charge is 0.494 e. The predicted molar refractivity (Wildman–Crippen MR) is 110 cm³/mol. The molecule has 9 nitrogen and oxygen atoms in total. The van der Waals surface area contributed by atoms with Gasteiger partial charge in [0.1, 0.15) is 11.5 Å². The van der Waals surface area contributed by atoms with E-state index in [2.05, 4.69) is 20.9 Å². The molecule has 154 valence electrons. The highest BCUT2D eigenvalue weighted by Crippen LogP contribution is 2.32. The lowest BCUT2D eigenvalue weighted by Gasteiger charge is -2.23. The molecular weight excluding hydrogens is 386 g/mol. The molecule has 1 aliphatic rings. The molecule has 2 heterocycles. The molecule has 3 aromatic rings. The number of nitrogens with zero attached hydrogens (tertiary/aromatic N) is 3. The van der Waals surface area contributed by atoms with Gasteiger partial charge in [0.2, 0.25) is 0 Å². The number of fused-ring (bicyclic) bond motifs is 1. The number of benzene rings is 2. The first-order chi connectivity index (χ1) is 14.5. The van der Waals surface area contributed by atoms with E-state index < -0.39 is 12.0 Å². The van der Waals surface area contributed by atoms with Gasteiger partial charge in [0.25, 0.3) is 11.8 Å². The number of aromatic nitrogens is 3. The summed E-state index contributed by atoms with van der Waals surface area (Å²) in [5.74, 6) is 0.675. The van der Waals surface area contributed by atoms with Crippen molar-refractivity contribution in [2.45, 2.75) is 26.9 Å². The van der Waals surface area contributed by atoms with Gasteiger partial charge in [-0.15, -0.1) is 5.10 Å². The van der Waals surface area contributed by atoms with Crippen molar-refractivity contribution in [3.63, 3.8) is 0 Å². The Morgan fingerprint density at radius 1 is 1.27 bits per heavy atom. The second-order valence-corrected chi connectivity index (χ2v) is 6.78. The van der Waals surface area contributed by atoms with E-state index in [1.54, 1.807) is 36.7 Å². The van der Waals surface area contributed by atoms with Crippen LogP contribution in [-0.2, 0) is 4.79 Å². The van der Waals surface area contributed by atoms with Crippen LogP contribution >= 0.6 is 0 Å². The first-order valence-corrected chi connectivity index (χ1v) is 9.54. The van der Waals surface area contributed by atoms with E-state index in [-0.39, 0.29) is 11.6 Å². The minimum Gasteiger partial charge on any atom is -0.494 e. The predicted octanol–water partition coefficient (Wildman–Crippen LogP) is 2.95. The van der Waals surface area contributed by atoms with Gasteiger partial charge in [-0.1, -0.05) is 5.21 Å². The van der Waals surface area contributed by atoms with Crippen LogP contribution in [0.5, 0.6) is 11.5 Å². The summed E-state index contributed by atoms with van der Waals surface area (Å²) in [6.07, 6.45) is -0.557. The first kappa shape index (κ1) is 19.4. The maximum absolute atomic E-state index is 12.7. The number of rotatable bonds is 5. The monoisotopic (exact) mass is 407 g/mol. The summed E-state index contributed by atoms with van der Waals surface area (Å²) in [5, 5.41) is 13.7. The minimum atomic E-state index is -0.557. The number of anilines is 2. The highest BCUT2D eigenvalue weighted by atomic mass is 16.5. The van der Waals surface area contributed by atoms with Gasteiger partial charge in [-0.25, -0.2) is 4.68 Å².